The first-order valence-corrected chi connectivity index (χ1v) is 7.33. The molecule has 0 saturated heterocycles. The van der Waals surface area contributed by atoms with Gasteiger partial charge in [0.05, 0.1) is 4.83 Å². The maximum atomic E-state index is 6.26. The van der Waals surface area contributed by atoms with Gasteiger partial charge in [-0.05, 0) is 48.2 Å². The van der Waals surface area contributed by atoms with Crippen LogP contribution in [0.5, 0.6) is 0 Å². The average molecular weight is 344 g/mol. The van der Waals surface area contributed by atoms with E-state index in [2.05, 4.69) is 48.0 Å². The molecule has 0 heterocycles. The summed E-state index contributed by atoms with van der Waals surface area (Å²) in [6.45, 7) is 4.22. The molecule has 0 fully saturated rings. The highest BCUT2D eigenvalue weighted by Crippen LogP contribution is 2.39. The largest absolute Gasteiger partial charge is 0.0843 e. The number of hydrogen-bond donors (Lipinski definition) is 0. The lowest BCUT2D eigenvalue weighted by Gasteiger charge is -2.17. The Morgan fingerprint density at radius 2 is 1.61 bits per heavy atom. The summed E-state index contributed by atoms with van der Waals surface area (Å²) in [5, 5.41) is 1.34. The smallest absolute Gasteiger partial charge is 0.0664 e. The van der Waals surface area contributed by atoms with Gasteiger partial charge in [-0.2, -0.15) is 0 Å². The van der Waals surface area contributed by atoms with Gasteiger partial charge in [0.15, 0.2) is 0 Å². The molecule has 3 heteroatoms. The van der Waals surface area contributed by atoms with Crippen LogP contribution in [-0.2, 0) is 0 Å². The Labute approximate surface area is 126 Å². The number of halogens is 3. The number of aryl methyl sites for hydroxylation is 2. The first kappa shape index (κ1) is 13.9. The standard InChI is InChI=1S/C15H13BrCl2/c1-9-4-3-5-10(2)14(9)15(16)12-7-6-11(17)8-13(12)18/h3-8,15H,1-2H3. The Morgan fingerprint density at radius 3 is 2.17 bits per heavy atom. The van der Waals surface area contributed by atoms with Crippen LogP contribution in [0.1, 0.15) is 27.1 Å². The summed E-state index contributed by atoms with van der Waals surface area (Å²) < 4.78 is 0. The lowest BCUT2D eigenvalue weighted by Crippen LogP contribution is -1.99. The minimum atomic E-state index is 0.0865. The van der Waals surface area contributed by atoms with Crippen molar-refractivity contribution in [3.63, 3.8) is 0 Å². The molecule has 2 rings (SSSR count). The van der Waals surface area contributed by atoms with Crippen molar-refractivity contribution in [1.82, 2.24) is 0 Å². The van der Waals surface area contributed by atoms with Gasteiger partial charge in [0.25, 0.3) is 0 Å². The van der Waals surface area contributed by atoms with E-state index in [0.717, 1.165) is 5.56 Å². The highest BCUT2D eigenvalue weighted by Gasteiger charge is 2.17. The Morgan fingerprint density at radius 1 is 1.00 bits per heavy atom. The first-order chi connectivity index (χ1) is 8.50. The molecule has 1 unspecified atom stereocenters. The van der Waals surface area contributed by atoms with E-state index in [9.17, 15) is 0 Å². The molecule has 0 aromatic heterocycles. The van der Waals surface area contributed by atoms with Gasteiger partial charge >= 0.3 is 0 Å². The maximum absolute atomic E-state index is 6.26. The van der Waals surface area contributed by atoms with E-state index in [-0.39, 0.29) is 4.83 Å². The van der Waals surface area contributed by atoms with Gasteiger partial charge in [-0.15, -0.1) is 0 Å². The number of alkyl halides is 1. The minimum Gasteiger partial charge on any atom is -0.0843 e. The molecule has 0 aliphatic rings. The molecule has 0 nitrogen and oxygen atoms in total. The highest BCUT2D eigenvalue weighted by atomic mass is 79.9. The van der Waals surface area contributed by atoms with Gasteiger partial charge < -0.3 is 0 Å². The van der Waals surface area contributed by atoms with Crippen molar-refractivity contribution in [2.24, 2.45) is 0 Å². The van der Waals surface area contributed by atoms with Crippen LogP contribution in [-0.4, -0.2) is 0 Å². The van der Waals surface area contributed by atoms with E-state index >= 15 is 0 Å². The van der Waals surface area contributed by atoms with E-state index < -0.39 is 0 Å². The van der Waals surface area contributed by atoms with Crippen molar-refractivity contribution in [1.29, 1.82) is 0 Å². The summed E-state index contributed by atoms with van der Waals surface area (Å²) in [7, 11) is 0. The zero-order valence-corrected chi connectivity index (χ0v) is 13.3. The number of hydrogen-bond acceptors (Lipinski definition) is 0. The highest BCUT2D eigenvalue weighted by molar-refractivity contribution is 9.09. The molecule has 18 heavy (non-hydrogen) atoms. The fourth-order valence-corrected chi connectivity index (χ4v) is 3.86. The predicted molar refractivity (Wildman–Crippen MR) is 83.1 cm³/mol. The van der Waals surface area contributed by atoms with Crippen molar-refractivity contribution in [3.8, 4) is 0 Å². The minimum absolute atomic E-state index is 0.0865. The average Bonchev–Trinajstić information content (AvgIpc) is 2.28. The molecule has 2 aromatic carbocycles. The lowest BCUT2D eigenvalue weighted by atomic mass is 9.96. The van der Waals surface area contributed by atoms with Crippen LogP contribution in [0.25, 0.3) is 0 Å². The van der Waals surface area contributed by atoms with E-state index in [0.29, 0.717) is 10.0 Å². The van der Waals surface area contributed by atoms with Crippen LogP contribution in [0.2, 0.25) is 10.0 Å². The van der Waals surface area contributed by atoms with Gasteiger partial charge in [-0.25, -0.2) is 0 Å². The molecule has 0 aliphatic carbocycles. The third-order valence-corrected chi connectivity index (χ3v) is 4.54. The van der Waals surface area contributed by atoms with Crippen molar-refractivity contribution in [3.05, 3.63) is 68.7 Å². The molecule has 0 aliphatic heterocycles. The van der Waals surface area contributed by atoms with Gasteiger partial charge in [0, 0.05) is 10.0 Å². The Kier molecular flexibility index (Phi) is 4.37. The summed E-state index contributed by atoms with van der Waals surface area (Å²) in [6.07, 6.45) is 0. The van der Waals surface area contributed by atoms with Gasteiger partial charge in [-0.1, -0.05) is 63.4 Å². The Bertz CT molecular complexity index is 558. The zero-order valence-electron chi connectivity index (χ0n) is 10.2. The van der Waals surface area contributed by atoms with Crippen molar-refractivity contribution >= 4 is 39.1 Å². The molecule has 2 aromatic rings. The van der Waals surface area contributed by atoms with Gasteiger partial charge in [0.2, 0.25) is 0 Å². The molecular weight excluding hydrogens is 331 g/mol. The van der Waals surface area contributed by atoms with E-state index in [1.54, 1.807) is 6.07 Å². The SMILES string of the molecule is Cc1cccc(C)c1C(Br)c1ccc(Cl)cc1Cl. The molecule has 94 valence electrons. The summed E-state index contributed by atoms with van der Waals surface area (Å²) in [6, 6.07) is 11.9. The van der Waals surface area contributed by atoms with Crippen molar-refractivity contribution in [2.45, 2.75) is 18.7 Å². The van der Waals surface area contributed by atoms with E-state index in [1.165, 1.54) is 16.7 Å². The molecule has 0 bridgehead atoms. The molecule has 0 amide bonds. The number of rotatable bonds is 2. The fraction of sp³-hybridized carbons (Fsp3) is 0.200. The van der Waals surface area contributed by atoms with Gasteiger partial charge in [-0.3, -0.25) is 0 Å². The van der Waals surface area contributed by atoms with Crippen LogP contribution in [0, 0.1) is 13.8 Å². The summed E-state index contributed by atoms with van der Waals surface area (Å²) >= 11 is 15.9. The monoisotopic (exact) mass is 342 g/mol. The van der Waals surface area contributed by atoms with Crippen LogP contribution in [0.15, 0.2) is 36.4 Å². The van der Waals surface area contributed by atoms with Crippen molar-refractivity contribution < 1.29 is 0 Å². The van der Waals surface area contributed by atoms with E-state index in [1.807, 2.05) is 12.1 Å². The molecule has 0 spiro atoms. The molecule has 0 saturated carbocycles. The maximum Gasteiger partial charge on any atom is 0.0664 e. The van der Waals surface area contributed by atoms with Gasteiger partial charge in [0.1, 0.15) is 0 Å². The molecular formula is C15H13BrCl2. The third-order valence-electron chi connectivity index (χ3n) is 3.03. The third kappa shape index (κ3) is 2.74. The second kappa shape index (κ2) is 5.64. The van der Waals surface area contributed by atoms with Crippen LogP contribution in [0.4, 0.5) is 0 Å². The molecule has 1 atom stereocenters. The lowest BCUT2D eigenvalue weighted by molar-refractivity contribution is 1.11. The fourth-order valence-electron chi connectivity index (χ4n) is 2.09. The summed E-state index contributed by atoms with van der Waals surface area (Å²) in [5.74, 6) is 0. The Balaban J connectivity index is 2.51. The summed E-state index contributed by atoms with van der Waals surface area (Å²) in [5.41, 5.74) is 4.81. The number of benzene rings is 2. The van der Waals surface area contributed by atoms with Crippen LogP contribution >= 0.6 is 39.1 Å². The quantitative estimate of drug-likeness (QED) is 0.578. The second-order valence-electron chi connectivity index (χ2n) is 4.33. The summed E-state index contributed by atoms with van der Waals surface area (Å²) in [4.78, 5) is 0.0865. The predicted octanol–water partition coefficient (Wildman–Crippen LogP) is 6.09. The van der Waals surface area contributed by atoms with Crippen molar-refractivity contribution in [2.75, 3.05) is 0 Å². The first-order valence-electron chi connectivity index (χ1n) is 5.66. The topological polar surface area (TPSA) is 0 Å². The normalized spacial score (nSPS) is 12.5. The zero-order chi connectivity index (χ0) is 13.3. The Hall–Kier alpha value is -0.500. The molecule has 0 radical (unpaired) electrons. The second-order valence-corrected chi connectivity index (χ2v) is 6.09. The van der Waals surface area contributed by atoms with E-state index in [4.69, 9.17) is 23.2 Å². The van der Waals surface area contributed by atoms with Crippen LogP contribution in [0.3, 0.4) is 0 Å². The molecule has 0 N–H and O–H groups in total. The van der Waals surface area contributed by atoms with Crippen LogP contribution < -0.4 is 0 Å².